The molecule has 8 nitrogen and oxygen atoms in total. The zero-order valence-corrected chi connectivity index (χ0v) is 15.2. The number of nitrogens with zero attached hydrogens (tertiary/aromatic N) is 5. The Labute approximate surface area is 150 Å². The molecule has 2 heterocycles. The van der Waals surface area contributed by atoms with E-state index in [1.807, 2.05) is 20.2 Å². The van der Waals surface area contributed by atoms with Crippen molar-refractivity contribution in [3.8, 4) is 5.69 Å². The van der Waals surface area contributed by atoms with Gasteiger partial charge in [-0.3, -0.25) is 4.68 Å². The summed E-state index contributed by atoms with van der Waals surface area (Å²) in [6.45, 7) is 1.89. The van der Waals surface area contributed by atoms with E-state index in [1.54, 1.807) is 10.9 Å². The molecule has 0 spiro atoms. The van der Waals surface area contributed by atoms with Crippen molar-refractivity contribution in [2.75, 3.05) is 0 Å². The standard InChI is InChI=1S/C16H19FN6O2S/c1-3-15-20-16(7-4-11-9-19-22(2)10-11)23(21-15)14-8-12(26(18,24)25)5-6-13(14)17/h5-6,8-10H,3-4,7H2,1-2H3,(H2,18,24,25). The maximum atomic E-state index is 14.4. The molecule has 0 bridgehead atoms. The molecule has 10 heteroatoms. The topological polar surface area (TPSA) is 109 Å². The van der Waals surface area contributed by atoms with Crippen molar-refractivity contribution < 1.29 is 12.8 Å². The third kappa shape index (κ3) is 3.81. The molecule has 0 radical (unpaired) electrons. The Bertz CT molecular complexity index is 1040. The van der Waals surface area contributed by atoms with Gasteiger partial charge in [0.15, 0.2) is 5.82 Å². The van der Waals surface area contributed by atoms with Gasteiger partial charge in [-0.05, 0) is 30.2 Å². The van der Waals surface area contributed by atoms with Crippen LogP contribution in [-0.2, 0) is 36.3 Å². The second-order valence-corrected chi connectivity index (χ2v) is 7.45. The van der Waals surface area contributed by atoms with E-state index < -0.39 is 15.8 Å². The Morgan fingerprint density at radius 1 is 1.27 bits per heavy atom. The van der Waals surface area contributed by atoms with Crippen LogP contribution in [-0.4, -0.2) is 33.0 Å². The van der Waals surface area contributed by atoms with Crippen LogP contribution in [0.4, 0.5) is 4.39 Å². The minimum atomic E-state index is -3.95. The van der Waals surface area contributed by atoms with E-state index in [0.29, 0.717) is 30.9 Å². The molecule has 0 aliphatic heterocycles. The van der Waals surface area contributed by atoms with Crippen LogP contribution in [0.1, 0.15) is 24.1 Å². The fourth-order valence-electron chi connectivity index (χ4n) is 2.59. The second-order valence-electron chi connectivity index (χ2n) is 5.89. The number of rotatable bonds is 6. The number of hydrogen-bond donors (Lipinski definition) is 1. The molecule has 0 unspecified atom stereocenters. The molecule has 26 heavy (non-hydrogen) atoms. The highest BCUT2D eigenvalue weighted by Crippen LogP contribution is 2.20. The summed E-state index contributed by atoms with van der Waals surface area (Å²) in [6, 6.07) is 3.36. The van der Waals surface area contributed by atoms with E-state index in [0.717, 1.165) is 17.7 Å². The molecule has 3 aromatic rings. The Morgan fingerprint density at radius 2 is 2.04 bits per heavy atom. The Balaban J connectivity index is 2.00. The van der Waals surface area contributed by atoms with E-state index in [1.165, 1.54) is 10.7 Å². The van der Waals surface area contributed by atoms with Crippen LogP contribution in [0.15, 0.2) is 35.5 Å². The average molecular weight is 378 g/mol. The van der Waals surface area contributed by atoms with Crippen molar-refractivity contribution in [2.24, 2.45) is 12.2 Å². The average Bonchev–Trinajstić information content (AvgIpc) is 3.18. The third-order valence-electron chi connectivity index (χ3n) is 3.90. The summed E-state index contributed by atoms with van der Waals surface area (Å²) < 4.78 is 40.6. The van der Waals surface area contributed by atoms with Gasteiger partial charge in [0.25, 0.3) is 0 Å². The molecule has 138 valence electrons. The fraction of sp³-hybridized carbons (Fsp3) is 0.312. The van der Waals surface area contributed by atoms with Gasteiger partial charge in [0, 0.05) is 26.1 Å². The van der Waals surface area contributed by atoms with Crippen molar-refractivity contribution in [3.63, 3.8) is 0 Å². The van der Waals surface area contributed by atoms with Crippen molar-refractivity contribution in [1.29, 1.82) is 0 Å². The van der Waals surface area contributed by atoms with E-state index in [2.05, 4.69) is 15.2 Å². The molecule has 0 amide bonds. The summed E-state index contributed by atoms with van der Waals surface area (Å²) in [6.07, 6.45) is 5.36. The van der Waals surface area contributed by atoms with E-state index >= 15 is 0 Å². The first-order valence-corrected chi connectivity index (χ1v) is 9.57. The normalized spacial score (nSPS) is 11.8. The van der Waals surface area contributed by atoms with E-state index in [9.17, 15) is 12.8 Å². The molecular formula is C16H19FN6O2S. The fourth-order valence-corrected chi connectivity index (χ4v) is 3.12. The first-order valence-electron chi connectivity index (χ1n) is 8.03. The summed E-state index contributed by atoms with van der Waals surface area (Å²) in [5, 5.41) is 13.6. The molecule has 2 N–H and O–H groups in total. The lowest BCUT2D eigenvalue weighted by Crippen LogP contribution is -2.14. The van der Waals surface area contributed by atoms with Gasteiger partial charge in [-0.1, -0.05) is 6.92 Å². The molecule has 0 saturated carbocycles. The minimum Gasteiger partial charge on any atom is -0.276 e. The summed E-state index contributed by atoms with van der Waals surface area (Å²) in [4.78, 5) is 4.26. The summed E-state index contributed by atoms with van der Waals surface area (Å²) >= 11 is 0. The predicted octanol–water partition coefficient (Wildman–Crippen LogP) is 1.13. The SMILES string of the molecule is CCc1nc(CCc2cnn(C)c2)n(-c2cc(S(N)(=O)=O)ccc2F)n1. The highest BCUT2D eigenvalue weighted by atomic mass is 32.2. The molecule has 0 saturated heterocycles. The smallest absolute Gasteiger partial charge is 0.238 e. The summed E-state index contributed by atoms with van der Waals surface area (Å²) in [7, 11) is -2.12. The van der Waals surface area contributed by atoms with Crippen molar-refractivity contribution in [1.82, 2.24) is 24.5 Å². The molecular weight excluding hydrogens is 359 g/mol. The van der Waals surface area contributed by atoms with Gasteiger partial charge in [-0.25, -0.2) is 27.6 Å². The molecule has 3 rings (SSSR count). The van der Waals surface area contributed by atoms with E-state index in [4.69, 9.17) is 5.14 Å². The van der Waals surface area contributed by atoms with Gasteiger partial charge in [0.2, 0.25) is 10.0 Å². The van der Waals surface area contributed by atoms with Gasteiger partial charge >= 0.3 is 0 Å². The zero-order valence-electron chi connectivity index (χ0n) is 14.4. The number of halogens is 1. The van der Waals surface area contributed by atoms with Crippen LogP contribution in [0.2, 0.25) is 0 Å². The van der Waals surface area contributed by atoms with Gasteiger partial charge in [0.05, 0.1) is 11.1 Å². The Hall–Kier alpha value is -2.59. The van der Waals surface area contributed by atoms with Gasteiger partial charge in [-0.2, -0.15) is 10.2 Å². The van der Waals surface area contributed by atoms with Crippen molar-refractivity contribution in [2.45, 2.75) is 31.1 Å². The lowest BCUT2D eigenvalue weighted by atomic mass is 10.2. The summed E-state index contributed by atoms with van der Waals surface area (Å²) in [5.41, 5.74) is 1.02. The predicted molar refractivity (Wildman–Crippen MR) is 92.7 cm³/mol. The largest absolute Gasteiger partial charge is 0.276 e. The van der Waals surface area contributed by atoms with Crippen LogP contribution >= 0.6 is 0 Å². The number of aryl methyl sites for hydroxylation is 4. The molecule has 0 fully saturated rings. The molecule has 0 aliphatic rings. The third-order valence-corrected chi connectivity index (χ3v) is 4.82. The highest BCUT2D eigenvalue weighted by molar-refractivity contribution is 7.89. The first-order chi connectivity index (χ1) is 12.3. The molecule has 0 aliphatic carbocycles. The molecule has 0 atom stereocenters. The second kappa shape index (κ2) is 6.96. The van der Waals surface area contributed by atoms with Gasteiger partial charge < -0.3 is 0 Å². The monoisotopic (exact) mass is 378 g/mol. The van der Waals surface area contributed by atoms with E-state index in [-0.39, 0.29) is 10.6 Å². The number of hydrogen-bond acceptors (Lipinski definition) is 5. The number of nitrogens with two attached hydrogens (primary N) is 1. The van der Waals surface area contributed by atoms with Gasteiger partial charge in [0.1, 0.15) is 17.3 Å². The van der Waals surface area contributed by atoms with Crippen molar-refractivity contribution in [3.05, 3.63) is 53.6 Å². The number of aromatic nitrogens is 5. The van der Waals surface area contributed by atoms with Crippen LogP contribution in [0.5, 0.6) is 0 Å². The van der Waals surface area contributed by atoms with Crippen molar-refractivity contribution >= 4 is 10.0 Å². The minimum absolute atomic E-state index is 0.00455. The zero-order chi connectivity index (χ0) is 18.9. The van der Waals surface area contributed by atoms with Crippen LogP contribution in [0.3, 0.4) is 0 Å². The Kier molecular flexibility index (Phi) is 4.88. The lowest BCUT2D eigenvalue weighted by molar-refractivity contribution is 0.591. The number of benzene rings is 1. The quantitative estimate of drug-likeness (QED) is 0.692. The van der Waals surface area contributed by atoms with Gasteiger partial charge in [-0.15, -0.1) is 0 Å². The number of sulfonamides is 1. The number of primary sulfonamides is 1. The highest BCUT2D eigenvalue weighted by Gasteiger charge is 2.18. The van der Waals surface area contributed by atoms with Crippen LogP contribution in [0, 0.1) is 5.82 Å². The van der Waals surface area contributed by atoms with Crippen LogP contribution < -0.4 is 5.14 Å². The summed E-state index contributed by atoms with van der Waals surface area (Å²) in [5.74, 6) is 0.482. The maximum Gasteiger partial charge on any atom is 0.238 e. The molecule has 1 aromatic carbocycles. The first kappa shape index (κ1) is 18.2. The maximum absolute atomic E-state index is 14.4. The molecule has 2 aromatic heterocycles. The van der Waals surface area contributed by atoms with Crippen LogP contribution in [0.25, 0.3) is 5.69 Å². The Morgan fingerprint density at radius 3 is 2.65 bits per heavy atom. The lowest BCUT2D eigenvalue weighted by Gasteiger charge is -2.08.